The highest BCUT2D eigenvalue weighted by atomic mass is 79.9. The second-order valence-corrected chi connectivity index (χ2v) is 18.3. The summed E-state index contributed by atoms with van der Waals surface area (Å²) in [6.45, 7) is 9.33. The Balaban J connectivity index is 1.57. The van der Waals surface area contributed by atoms with Crippen molar-refractivity contribution < 1.29 is 0 Å². The zero-order valence-corrected chi connectivity index (χ0v) is 30.5. The SMILES string of the molecule is CCCCC(CC)Cc1ccc(-c2c3cc(Br)sc3c(-c3ccc(CC(CC)CCCC)s3)c3cc(Br)sc23)s1. The van der Waals surface area contributed by atoms with Crippen LogP contribution < -0.4 is 0 Å². The summed E-state index contributed by atoms with van der Waals surface area (Å²) >= 11 is 15.6. The van der Waals surface area contributed by atoms with Gasteiger partial charge in [0.15, 0.2) is 0 Å². The van der Waals surface area contributed by atoms with E-state index in [1.165, 1.54) is 123 Å². The Kier molecular flexibility index (Phi) is 11.1. The van der Waals surface area contributed by atoms with E-state index in [9.17, 15) is 0 Å². The molecule has 0 aliphatic heterocycles. The molecule has 1 aromatic carbocycles. The molecule has 0 fully saturated rings. The molecular weight excluding hydrogens is 696 g/mol. The first kappa shape index (κ1) is 30.9. The Labute approximate surface area is 273 Å². The maximum absolute atomic E-state index is 3.88. The minimum absolute atomic E-state index is 0.794. The third-order valence-corrected chi connectivity index (χ3v) is 13.8. The van der Waals surface area contributed by atoms with Gasteiger partial charge in [0.05, 0.1) is 7.57 Å². The lowest BCUT2D eigenvalue weighted by molar-refractivity contribution is 0.452. The summed E-state index contributed by atoms with van der Waals surface area (Å²) in [5.74, 6) is 1.59. The van der Waals surface area contributed by atoms with Crippen molar-refractivity contribution in [3.05, 3.63) is 53.7 Å². The van der Waals surface area contributed by atoms with Crippen LogP contribution in [-0.4, -0.2) is 0 Å². The molecule has 0 radical (unpaired) electrons. The average Bonchev–Trinajstić information content (AvgIpc) is 3.74. The van der Waals surface area contributed by atoms with Gasteiger partial charge in [-0.3, -0.25) is 0 Å². The second kappa shape index (κ2) is 14.3. The van der Waals surface area contributed by atoms with E-state index in [1.54, 1.807) is 0 Å². The van der Waals surface area contributed by atoms with Crippen molar-refractivity contribution in [1.29, 1.82) is 0 Å². The van der Waals surface area contributed by atoms with Crippen molar-refractivity contribution in [2.24, 2.45) is 11.8 Å². The van der Waals surface area contributed by atoms with Gasteiger partial charge in [-0.05, 0) is 92.9 Å². The van der Waals surface area contributed by atoms with Crippen molar-refractivity contribution in [3.63, 3.8) is 0 Å². The zero-order chi connectivity index (χ0) is 28.2. The molecule has 5 aromatic rings. The molecule has 2 unspecified atom stereocenters. The zero-order valence-electron chi connectivity index (χ0n) is 24.1. The van der Waals surface area contributed by atoms with Crippen LogP contribution in [0.5, 0.6) is 0 Å². The summed E-state index contributed by atoms with van der Waals surface area (Å²) in [6.07, 6.45) is 12.9. The van der Waals surface area contributed by atoms with E-state index in [-0.39, 0.29) is 0 Å². The van der Waals surface area contributed by atoms with Crippen molar-refractivity contribution in [1.82, 2.24) is 0 Å². The maximum atomic E-state index is 3.88. The van der Waals surface area contributed by atoms with Crippen LogP contribution in [0.25, 0.3) is 41.1 Å². The fourth-order valence-corrected chi connectivity index (χ4v) is 11.8. The highest BCUT2D eigenvalue weighted by Gasteiger charge is 2.23. The summed E-state index contributed by atoms with van der Waals surface area (Å²) in [7, 11) is 0. The molecule has 40 heavy (non-hydrogen) atoms. The molecule has 0 spiro atoms. The number of hydrogen-bond acceptors (Lipinski definition) is 4. The first-order valence-corrected chi connectivity index (χ1v) is 19.8. The number of hydrogen-bond donors (Lipinski definition) is 0. The molecule has 0 saturated carbocycles. The Morgan fingerprint density at radius 1 is 0.600 bits per heavy atom. The fourth-order valence-electron chi connectivity index (χ4n) is 5.90. The summed E-state index contributed by atoms with van der Waals surface area (Å²) < 4.78 is 5.25. The number of fused-ring (bicyclic) bond motifs is 2. The normalized spacial score (nSPS) is 13.6. The molecular formula is C34H40Br2S4. The van der Waals surface area contributed by atoms with Gasteiger partial charge in [-0.25, -0.2) is 0 Å². The number of halogens is 2. The lowest BCUT2D eigenvalue weighted by Crippen LogP contribution is -2.01. The number of thiophene rings is 4. The quantitative estimate of drug-likeness (QED) is 0.106. The molecule has 4 aromatic heterocycles. The van der Waals surface area contributed by atoms with Crippen LogP contribution in [0, 0.1) is 11.8 Å². The molecule has 0 amide bonds. The first-order chi connectivity index (χ1) is 19.4. The maximum Gasteiger partial charge on any atom is 0.0711 e. The van der Waals surface area contributed by atoms with E-state index in [0.717, 1.165) is 11.8 Å². The second-order valence-electron chi connectivity index (χ2n) is 11.1. The van der Waals surface area contributed by atoms with Crippen LogP contribution in [-0.2, 0) is 12.8 Å². The van der Waals surface area contributed by atoms with E-state index in [2.05, 4.69) is 96.0 Å². The van der Waals surface area contributed by atoms with Gasteiger partial charge in [0.25, 0.3) is 0 Å². The van der Waals surface area contributed by atoms with Crippen molar-refractivity contribution in [2.45, 2.75) is 91.9 Å². The predicted octanol–water partition coefficient (Wildman–Crippen LogP) is 14.6. The Morgan fingerprint density at radius 3 is 1.40 bits per heavy atom. The van der Waals surface area contributed by atoms with Gasteiger partial charge in [-0.15, -0.1) is 45.3 Å². The summed E-state index contributed by atoms with van der Waals surface area (Å²) in [6, 6.07) is 14.3. The highest BCUT2D eigenvalue weighted by molar-refractivity contribution is 9.11. The van der Waals surface area contributed by atoms with E-state index >= 15 is 0 Å². The molecule has 0 nitrogen and oxygen atoms in total. The standard InChI is InChI=1S/C34H40Br2S4/c1-5-9-11-21(7-3)17-23-13-15-27(37-23)31-25-19-29(35)40-34(25)32(26-20-30(36)39-33(26)31)28-16-14-24(38-28)18-22(8-4)12-10-6-2/h13-16,19-22H,5-12,17-18H2,1-4H3. The van der Waals surface area contributed by atoms with E-state index in [0.29, 0.717) is 0 Å². The Hall–Kier alpha value is -0.500. The first-order valence-electron chi connectivity index (χ1n) is 15.0. The molecule has 2 atom stereocenters. The lowest BCUT2D eigenvalue weighted by Gasteiger charge is -2.13. The van der Waals surface area contributed by atoms with Gasteiger partial charge < -0.3 is 0 Å². The third-order valence-electron chi connectivity index (χ3n) is 8.28. The average molecular weight is 737 g/mol. The van der Waals surface area contributed by atoms with Crippen LogP contribution >= 0.6 is 77.2 Å². The van der Waals surface area contributed by atoms with Crippen molar-refractivity contribution >= 4 is 97.4 Å². The molecule has 0 bridgehead atoms. The van der Waals surface area contributed by atoms with Crippen LogP contribution in [0.1, 0.15) is 88.8 Å². The van der Waals surface area contributed by atoms with Gasteiger partial charge in [-0.2, -0.15) is 0 Å². The minimum Gasteiger partial charge on any atom is -0.140 e. The van der Waals surface area contributed by atoms with E-state index < -0.39 is 0 Å². The van der Waals surface area contributed by atoms with Gasteiger partial charge in [0.1, 0.15) is 0 Å². The van der Waals surface area contributed by atoms with Gasteiger partial charge in [0.2, 0.25) is 0 Å². The van der Waals surface area contributed by atoms with Crippen LogP contribution in [0.15, 0.2) is 44.0 Å². The molecule has 0 aliphatic rings. The smallest absolute Gasteiger partial charge is 0.0711 e. The molecule has 4 heterocycles. The predicted molar refractivity (Wildman–Crippen MR) is 193 cm³/mol. The largest absolute Gasteiger partial charge is 0.140 e. The highest BCUT2D eigenvalue weighted by Crippen LogP contribution is 2.53. The molecule has 6 heteroatoms. The van der Waals surface area contributed by atoms with E-state index in [1.807, 2.05) is 45.3 Å². The summed E-state index contributed by atoms with van der Waals surface area (Å²) in [4.78, 5) is 5.89. The number of unbranched alkanes of at least 4 members (excludes halogenated alkanes) is 2. The lowest BCUT2D eigenvalue weighted by atomic mass is 9.95. The van der Waals surface area contributed by atoms with E-state index in [4.69, 9.17) is 0 Å². The molecule has 0 N–H and O–H groups in total. The topological polar surface area (TPSA) is 0 Å². The van der Waals surface area contributed by atoms with Crippen LogP contribution in [0.3, 0.4) is 0 Å². The Bertz CT molecular complexity index is 1380. The van der Waals surface area contributed by atoms with Gasteiger partial charge in [-0.1, -0.05) is 79.1 Å². The van der Waals surface area contributed by atoms with Gasteiger partial charge >= 0.3 is 0 Å². The van der Waals surface area contributed by atoms with Crippen LogP contribution in [0.2, 0.25) is 0 Å². The minimum atomic E-state index is 0.794. The van der Waals surface area contributed by atoms with Gasteiger partial charge in [0, 0.05) is 50.8 Å². The van der Waals surface area contributed by atoms with Crippen molar-refractivity contribution in [2.75, 3.05) is 0 Å². The molecule has 5 rings (SSSR count). The molecule has 214 valence electrons. The number of rotatable bonds is 14. The molecule has 0 aliphatic carbocycles. The van der Waals surface area contributed by atoms with Crippen molar-refractivity contribution in [3.8, 4) is 20.9 Å². The monoisotopic (exact) mass is 734 g/mol. The summed E-state index contributed by atoms with van der Waals surface area (Å²) in [5, 5.41) is 2.79. The Morgan fingerprint density at radius 2 is 1.02 bits per heavy atom. The molecule has 0 saturated heterocycles. The number of benzene rings is 1. The third kappa shape index (κ3) is 6.83. The summed E-state index contributed by atoms with van der Waals surface area (Å²) in [5.41, 5.74) is 2.85. The van der Waals surface area contributed by atoms with Crippen LogP contribution in [0.4, 0.5) is 0 Å². The fraction of sp³-hybridized carbons (Fsp3) is 0.471.